The lowest BCUT2D eigenvalue weighted by atomic mass is 10.1. The second kappa shape index (κ2) is 8.18. The summed E-state index contributed by atoms with van der Waals surface area (Å²) in [5, 5.41) is 7.38. The highest BCUT2D eigenvalue weighted by Crippen LogP contribution is 2.23. The first kappa shape index (κ1) is 19.5. The van der Waals surface area contributed by atoms with Gasteiger partial charge in [-0.05, 0) is 24.3 Å². The van der Waals surface area contributed by atoms with Gasteiger partial charge in [-0.25, -0.2) is 13.6 Å². The number of hydrogen-bond donors (Lipinski definition) is 1. The molecule has 0 aliphatic heterocycles. The third-order valence-corrected chi connectivity index (χ3v) is 4.04. The fourth-order valence-corrected chi connectivity index (χ4v) is 2.55. The molecule has 3 rings (SSSR count). The number of ether oxygens (including phenoxy) is 1. The number of carbonyl (C=O) groups excluding carboxylic acids is 2. The van der Waals surface area contributed by atoms with Gasteiger partial charge in [0, 0.05) is 23.7 Å². The van der Waals surface area contributed by atoms with Gasteiger partial charge in [-0.15, -0.1) is 0 Å². The predicted octanol–water partition coefficient (Wildman–Crippen LogP) is 3.81. The van der Waals surface area contributed by atoms with Crippen molar-refractivity contribution >= 4 is 29.3 Å². The van der Waals surface area contributed by atoms with Gasteiger partial charge in [0.2, 0.25) is 0 Å². The van der Waals surface area contributed by atoms with Crippen LogP contribution in [0.15, 0.2) is 48.5 Å². The Kier molecular flexibility index (Phi) is 5.70. The minimum Gasteiger partial charge on any atom is -0.452 e. The molecule has 28 heavy (non-hydrogen) atoms. The summed E-state index contributed by atoms with van der Waals surface area (Å²) < 4.78 is 33.2. The smallest absolute Gasteiger partial charge is 0.344 e. The van der Waals surface area contributed by atoms with Crippen molar-refractivity contribution in [3.05, 3.63) is 70.8 Å². The molecule has 0 radical (unpaired) electrons. The van der Waals surface area contributed by atoms with Crippen LogP contribution in [-0.4, -0.2) is 28.3 Å². The summed E-state index contributed by atoms with van der Waals surface area (Å²) in [5.74, 6) is -3.73. The van der Waals surface area contributed by atoms with Gasteiger partial charge in [0.15, 0.2) is 6.61 Å². The average Bonchev–Trinajstić information content (AvgIpc) is 3.01. The van der Waals surface area contributed by atoms with Gasteiger partial charge in [0.05, 0.1) is 5.69 Å². The number of aromatic nitrogens is 2. The van der Waals surface area contributed by atoms with Crippen LogP contribution in [0, 0.1) is 11.6 Å². The van der Waals surface area contributed by atoms with Crippen molar-refractivity contribution < 1.29 is 23.1 Å². The van der Waals surface area contributed by atoms with Crippen molar-refractivity contribution in [3.63, 3.8) is 0 Å². The van der Waals surface area contributed by atoms with Crippen molar-refractivity contribution in [1.29, 1.82) is 0 Å². The second-order valence-corrected chi connectivity index (χ2v) is 6.20. The van der Waals surface area contributed by atoms with E-state index >= 15 is 0 Å². The van der Waals surface area contributed by atoms with E-state index in [0.717, 1.165) is 23.8 Å². The van der Waals surface area contributed by atoms with Crippen molar-refractivity contribution in [2.24, 2.45) is 7.05 Å². The Morgan fingerprint density at radius 1 is 1.14 bits per heavy atom. The largest absolute Gasteiger partial charge is 0.452 e. The molecule has 0 atom stereocenters. The molecule has 1 amide bonds. The molecule has 1 N–H and O–H groups in total. The maximum absolute atomic E-state index is 13.6. The number of benzene rings is 2. The number of nitrogens with zero attached hydrogens (tertiary/aromatic N) is 2. The summed E-state index contributed by atoms with van der Waals surface area (Å²) in [6.45, 7) is -0.714. The van der Waals surface area contributed by atoms with Crippen molar-refractivity contribution in [3.8, 4) is 11.3 Å². The summed E-state index contributed by atoms with van der Waals surface area (Å²) in [5.41, 5.74) is 0.544. The molecule has 0 aliphatic rings. The Hall–Kier alpha value is -3.26. The maximum atomic E-state index is 13.6. The number of halogens is 3. The number of anilines is 1. The number of esters is 1. The van der Waals surface area contributed by atoms with Crippen LogP contribution in [0.3, 0.4) is 0 Å². The van der Waals surface area contributed by atoms with E-state index in [-0.39, 0.29) is 0 Å². The van der Waals surface area contributed by atoms with Crippen molar-refractivity contribution in [1.82, 2.24) is 9.78 Å². The lowest BCUT2D eigenvalue weighted by molar-refractivity contribution is -0.119. The lowest BCUT2D eigenvalue weighted by Crippen LogP contribution is -2.23. The third-order valence-electron chi connectivity index (χ3n) is 3.79. The first-order chi connectivity index (χ1) is 13.3. The highest BCUT2D eigenvalue weighted by Gasteiger charge is 2.20. The molecule has 0 aliphatic carbocycles. The van der Waals surface area contributed by atoms with Crippen molar-refractivity contribution in [2.45, 2.75) is 0 Å². The van der Waals surface area contributed by atoms with Gasteiger partial charge in [-0.3, -0.25) is 9.48 Å². The van der Waals surface area contributed by atoms with Gasteiger partial charge in [-0.2, -0.15) is 5.10 Å². The van der Waals surface area contributed by atoms with Gasteiger partial charge in [0.1, 0.15) is 23.0 Å². The maximum Gasteiger partial charge on any atom is 0.344 e. The fourth-order valence-electron chi connectivity index (χ4n) is 2.42. The minimum atomic E-state index is -1.27. The van der Waals surface area contributed by atoms with E-state index < -0.39 is 35.7 Å². The summed E-state index contributed by atoms with van der Waals surface area (Å²) >= 11 is 5.86. The Balaban J connectivity index is 1.64. The Morgan fingerprint density at radius 2 is 1.79 bits per heavy atom. The second-order valence-electron chi connectivity index (χ2n) is 5.77. The molecule has 0 bridgehead atoms. The summed E-state index contributed by atoms with van der Waals surface area (Å²) in [7, 11) is 1.62. The summed E-state index contributed by atoms with van der Waals surface area (Å²) in [6, 6.07) is 11.6. The Morgan fingerprint density at radius 3 is 2.43 bits per heavy atom. The molecule has 0 saturated heterocycles. The Labute approximate surface area is 163 Å². The molecular weight excluding hydrogens is 392 g/mol. The quantitative estimate of drug-likeness (QED) is 0.655. The van der Waals surface area contributed by atoms with E-state index in [1.165, 1.54) is 4.68 Å². The normalized spacial score (nSPS) is 10.6. The molecule has 3 aromatic rings. The molecule has 9 heteroatoms. The van der Waals surface area contributed by atoms with Gasteiger partial charge in [-0.1, -0.05) is 29.8 Å². The first-order valence-electron chi connectivity index (χ1n) is 8.06. The predicted molar refractivity (Wildman–Crippen MR) is 98.9 cm³/mol. The molecule has 6 nitrogen and oxygen atoms in total. The molecule has 2 aromatic carbocycles. The zero-order valence-corrected chi connectivity index (χ0v) is 15.3. The number of rotatable bonds is 5. The molecule has 0 spiro atoms. The monoisotopic (exact) mass is 405 g/mol. The lowest BCUT2D eigenvalue weighted by Gasteiger charge is -2.07. The fraction of sp³-hybridized carbons (Fsp3) is 0.105. The zero-order valence-electron chi connectivity index (χ0n) is 14.6. The highest BCUT2D eigenvalue weighted by atomic mass is 35.5. The van der Waals surface area contributed by atoms with E-state index in [1.54, 1.807) is 37.4 Å². The van der Waals surface area contributed by atoms with Crippen LogP contribution in [0.4, 0.5) is 14.6 Å². The van der Waals surface area contributed by atoms with Crippen LogP contribution in [0.1, 0.15) is 10.4 Å². The first-order valence-corrected chi connectivity index (χ1v) is 8.44. The van der Waals surface area contributed by atoms with E-state index in [4.69, 9.17) is 16.3 Å². The van der Waals surface area contributed by atoms with E-state index in [9.17, 15) is 18.4 Å². The molecule has 144 valence electrons. The molecule has 0 fully saturated rings. The van der Waals surface area contributed by atoms with Crippen LogP contribution in [0.2, 0.25) is 5.02 Å². The van der Waals surface area contributed by atoms with Gasteiger partial charge in [0.25, 0.3) is 5.91 Å². The third kappa shape index (κ3) is 4.34. The number of nitrogens with one attached hydrogen (secondary N) is 1. The average molecular weight is 406 g/mol. The number of hydrogen-bond acceptors (Lipinski definition) is 4. The zero-order chi connectivity index (χ0) is 20.3. The van der Waals surface area contributed by atoms with Crippen LogP contribution < -0.4 is 5.32 Å². The standard InChI is InChI=1S/C19H14ClF2N3O3/c1-25-16(9-15(24-25)11-5-7-12(20)8-6-11)23-17(26)10-28-19(27)18-13(21)3-2-4-14(18)22/h2-9H,10H2,1H3,(H,23,26). The minimum absolute atomic E-state index is 0.350. The molecular formula is C19H14ClF2N3O3. The van der Waals surface area contributed by atoms with Gasteiger partial charge >= 0.3 is 5.97 Å². The van der Waals surface area contributed by atoms with Crippen LogP contribution in [-0.2, 0) is 16.6 Å². The van der Waals surface area contributed by atoms with Crippen LogP contribution >= 0.6 is 11.6 Å². The number of carbonyl (C=O) groups is 2. The molecule has 1 aromatic heterocycles. The molecule has 0 unspecified atom stereocenters. The van der Waals surface area contributed by atoms with Crippen LogP contribution in [0.5, 0.6) is 0 Å². The Bertz CT molecular complexity index is 1020. The number of aryl methyl sites for hydroxylation is 1. The SMILES string of the molecule is Cn1nc(-c2ccc(Cl)cc2)cc1NC(=O)COC(=O)c1c(F)cccc1F. The topological polar surface area (TPSA) is 73.2 Å². The van der Waals surface area contributed by atoms with E-state index in [0.29, 0.717) is 16.5 Å². The van der Waals surface area contributed by atoms with Crippen LogP contribution in [0.25, 0.3) is 11.3 Å². The molecule has 0 saturated carbocycles. The van der Waals surface area contributed by atoms with Gasteiger partial charge < -0.3 is 10.1 Å². The highest BCUT2D eigenvalue weighted by molar-refractivity contribution is 6.30. The van der Waals surface area contributed by atoms with Crippen molar-refractivity contribution in [2.75, 3.05) is 11.9 Å². The summed E-state index contributed by atoms with van der Waals surface area (Å²) in [6.07, 6.45) is 0. The van der Waals surface area contributed by atoms with E-state index in [2.05, 4.69) is 10.4 Å². The molecule has 1 heterocycles. The van der Waals surface area contributed by atoms with E-state index in [1.807, 2.05) is 0 Å². The summed E-state index contributed by atoms with van der Waals surface area (Å²) in [4.78, 5) is 23.8. The number of amides is 1.